The summed E-state index contributed by atoms with van der Waals surface area (Å²) >= 11 is 1.57. The van der Waals surface area contributed by atoms with Gasteiger partial charge in [-0.2, -0.15) is 0 Å². The zero-order valence-corrected chi connectivity index (χ0v) is 12.9. The molecule has 1 aromatic rings. The first-order valence-electron chi connectivity index (χ1n) is 7.48. The lowest BCUT2D eigenvalue weighted by Crippen LogP contribution is -2.48. The summed E-state index contributed by atoms with van der Waals surface area (Å²) in [7, 11) is 0. The molecular weight excluding hydrogens is 288 g/mol. The van der Waals surface area contributed by atoms with Gasteiger partial charge in [0.25, 0.3) is 0 Å². The number of carboxylic acid groups (broad SMARTS) is 1. The van der Waals surface area contributed by atoms with E-state index in [-0.39, 0.29) is 12.1 Å². The molecule has 0 saturated heterocycles. The van der Waals surface area contributed by atoms with Gasteiger partial charge in [0.05, 0.1) is 0 Å². The average molecular weight is 308 g/mol. The molecule has 0 bridgehead atoms. The van der Waals surface area contributed by atoms with E-state index in [9.17, 15) is 14.7 Å². The summed E-state index contributed by atoms with van der Waals surface area (Å²) in [6.45, 7) is 2.61. The Kier molecular flexibility index (Phi) is 3.89. The number of hydrogen-bond acceptors (Lipinski definition) is 3. The Morgan fingerprint density at radius 1 is 1.52 bits per heavy atom. The van der Waals surface area contributed by atoms with Gasteiger partial charge in [0.2, 0.25) is 0 Å². The first kappa shape index (κ1) is 14.4. The van der Waals surface area contributed by atoms with Crippen LogP contribution in [-0.2, 0) is 11.2 Å². The Balaban J connectivity index is 1.70. The first-order valence-corrected chi connectivity index (χ1v) is 8.36. The normalized spacial score (nSPS) is 27.1. The van der Waals surface area contributed by atoms with Crippen LogP contribution >= 0.6 is 11.3 Å². The quantitative estimate of drug-likeness (QED) is 0.898. The summed E-state index contributed by atoms with van der Waals surface area (Å²) in [5.41, 5.74) is 0.773. The molecule has 2 N–H and O–H groups in total. The molecule has 2 heterocycles. The second-order valence-corrected chi connectivity index (χ2v) is 6.82. The van der Waals surface area contributed by atoms with E-state index in [1.807, 2.05) is 11.4 Å². The number of carbonyl (C=O) groups is 2. The largest absolute Gasteiger partial charge is 0.479 e. The van der Waals surface area contributed by atoms with Crippen molar-refractivity contribution in [2.45, 2.75) is 44.7 Å². The minimum atomic E-state index is -0.953. The van der Waals surface area contributed by atoms with Crippen molar-refractivity contribution < 1.29 is 14.7 Å². The van der Waals surface area contributed by atoms with Crippen molar-refractivity contribution in [3.05, 3.63) is 21.9 Å². The van der Waals surface area contributed by atoms with Gasteiger partial charge in [-0.1, -0.05) is 13.3 Å². The van der Waals surface area contributed by atoms with E-state index in [1.54, 1.807) is 11.3 Å². The molecule has 1 saturated carbocycles. The lowest BCUT2D eigenvalue weighted by molar-refractivity contribution is -0.142. The van der Waals surface area contributed by atoms with Crippen molar-refractivity contribution in [3.8, 4) is 0 Å². The van der Waals surface area contributed by atoms with Crippen molar-refractivity contribution in [2.75, 3.05) is 6.54 Å². The van der Waals surface area contributed by atoms with E-state index in [2.05, 4.69) is 12.2 Å². The number of carbonyl (C=O) groups excluding carboxylic acids is 1. The number of rotatable bonds is 4. The lowest BCUT2D eigenvalue weighted by Gasteiger charge is -2.33. The Labute approximate surface area is 128 Å². The minimum Gasteiger partial charge on any atom is -0.479 e. The van der Waals surface area contributed by atoms with Crippen LogP contribution in [0, 0.1) is 5.92 Å². The van der Waals surface area contributed by atoms with Crippen molar-refractivity contribution >= 4 is 23.3 Å². The molecule has 3 rings (SSSR count). The first-order chi connectivity index (χ1) is 10.1. The van der Waals surface area contributed by atoms with E-state index in [1.165, 1.54) is 4.90 Å². The fourth-order valence-electron chi connectivity index (χ4n) is 3.16. The Hall–Kier alpha value is -1.56. The summed E-state index contributed by atoms with van der Waals surface area (Å²) in [6.07, 6.45) is 4.01. The van der Waals surface area contributed by atoms with Crippen molar-refractivity contribution in [2.24, 2.45) is 5.92 Å². The van der Waals surface area contributed by atoms with Crippen LogP contribution in [0.25, 0.3) is 0 Å². The van der Waals surface area contributed by atoms with E-state index < -0.39 is 12.0 Å². The molecule has 21 heavy (non-hydrogen) atoms. The van der Waals surface area contributed by atoms with Crippen molar-refractivity contribution in [1.29, 1.82) is 0 Å². The van der Waals surface area contributed by atoms with E-state index >= 15 is 0 Å². The second-order valence-electron chi connectivity index (χ2n) is 5.82. The average Bonchev–Trinajstić information content (AvgIpc) is 3.00. The van der Waals surface area contributed by atoms with Gasteiger partial charge in [-0.15, -0.1) is 11.3 Å². The molecule has 1 aromatic heterocycles. The molecule has 3 unspecified atom stereocenters. The highest BCUT2D eigenvalue weighted by Gasteiger charge is 2.41. The van der Waals surface area contributed by atoms with Crippen molar-refractivity contribution in [1.82, 2.24) is 10.2 Å². The maximum atomic E-state index is 12.4. The van der Waals surface area contributed by atoms with Crippen LogP contribution in [-0.4, -0.2) is 34.6 Å². The number of carboxylic acids is 1. The van der Waals surface area contributed by atoms with E-state index in [0.717, 1.165) is 36.1 Å². The maximum Gasteiger partial charge on any atom is 0.331 e. The SMILES string of the molecule is CCCC1CC1NC(=O)N1CCc2sccc2C1C(=O)O. The molecule has 114 valence electrons. The van der Waals surface area contributed by atoms with Gasteiger partial charge in [0.15, 0.2) is 6.04 Å². The molecule has 2 amide bonds. The highest BCUT2D eigenvalue weighted by atomic mass is 32.1. The topological polar surface area (TPSA) is 69.6 Å². The van der Waals surface area contributed by atoms with Crippen LogP contribution in [0.2, 0.25) is 0 Å². The van der Waals surface area contributed by atoms with Crippen molar-refractivity contribution in [3.63, 3.8) is 0 Å². The summed E-state index contributed by atoms with van der Waals surface area (Å²) in [4.78, 5) is 26.5. The summed E-state index contributed by atoms with van der Waals surface area (Å²) < 4.78 is 0. The molecule has 2 aliphatic rings. The van der Waals surface area contributed by atoms with Crippen LogP contribution in [0.5, 0.6) is 0 Å². The van der Waals surface area contributed by atoms with Gasteiger partial charge < -0.3 is 15.3 Å². The second kappa shape index (κ2) is 5.67. The van der Waals surface area contributed by atoms with E-state index in [0.29, 0.717) is 12.5 Å². The number of fused-ring (bicyclic) bond motifs is 1. The van der Waals surface area contributed by atoms with E-state index in [4.69, 9.17) is 0 Å². The fourth-order valence-corrected chi connectivity index (χ4v) is 4.06. The van der Waals surface area contributed by atoms with Crippen LogP contribution < -0.4 is 5.32 Å². The lowest BCUT2D eigenvalue weighted by atomic mass is 10.0. The predicted octanol–water partition coefficient (Wildman–Crippen LogP) is 2.63. The Morgan fingerprint density at radius 3 is 3.05 bits per heavy atom. The monoisotopic (exact) mass is 308 g/mol. The number of thiophene rings is 1. The van der Waals surface area contributed by atoms with Gasteiger partial charge >= 0.3 is 12.0 Å². The van der Waals surface area contributed by atoms with Crippen LogP contribution in [0.4, 0.5) is 4.79 Å². The van der Waals surface area contributed by atoms with Gasteiger partial charge in [-0.25, -0.2) is 9.59 Å². The standard InChI is InChI=1S/C15H20N2O3S/c1-2-3-9-8-11(9)16-15(20)17-6-4-12-10(5-7-21-12)13(17)14(18)19/h5,7,9,11,13H,2-4,6,8H2,1H3,(H,16,20)(H,18,19). The summed E-state index contributed by atoms with van der Waals surface area (Å²) in [6, 6.07) is 0.983. The number of aliphatic carboxylic acids is 1. The van der Waals surface area contributed by atoms with Gasteiger partial charge in [-0.3, -0.25) is 0 Å². The molecular formula is C15H20N2O3S. The molecule has 0 aromatic carbocycles. The predicted molar refractivity (Wildman–Crippen MR) is 80.4 cm³/mol. The third kappa shape index (κ3) is 2.77. The van der Waals surface area contributed by atoms with Crippen LogP contribution in [0.15, 0.2) is 11.4 Å². The summed E-state index contributed by atoms with van der Waals surface area (Å²) in [5, 5.41) is 14.4. The molecule has 0 spiro atoms. The highest BCUT2D eigenvalue weighted by molar-refractivity contribution is 7.10. The zero-order valence-electron chi connectivity index (χ0n) is 12.0. The zero-order chi connectivity index (χ0) is 15.0. The Bertz CT molecular complexity index is 557. The fraction of sp³-hybridized carbons (Fsp3) is 0.600. The smallest absolute Gasteiger partial charge is 0.331 e. The molecule has 5 nitrogen and oxygen atoms in total. The Morgan fingerprint density at radius 2 is 2.33 bits per heavy atom. The molecule has 1 aliphatic heterocycles. The van der Waals surface area contributed by atoms with Gasteiger partial charge in [0, 0.05) is 17.5 Å². The molecule has 3 atom stereocenters. The van der Waals surface area contributed by atoms with Crippen LogP contribution in [0.1, 0.15) is 42.7 Å². The molecule has 6 heteroatoms. The molecule has 1 aliphatic carbocycles. The molecule has 0 radical (unpaired) electrons. The third-order valence-electron chi connectivity index (χ3n) is 4.35. The van der Waals surface area contributed by atoms with Crippen LogP contribution in [0.3, 0.4) is 0 Å². The molecule has 1 fully saturated rings. The number of urea groups is 1. The minimum absolute atomic E-state index is 0.232. The highest BCUT2D eigenvalue weighted by Crippen LogP contribution is 2.36. The number of hydrogen-bond donors (Lipinski definition) is 2. The van der Waals surface area contributed by atoms with Gasteiger partial charge in [-0.05, 0) is 42.2 Å². The summed E-state index contributed by atoms with van der Waals surface area (Å²) in [5.74, 6) is -0.380. The maximum absolute atomic E-state index is 12.4. The number of amides is 2. The number of nitrogens with zero attached hydrogens (tertiary/aromatic N) is 1. The van der Waals surface area contributed by atoms with Gasteiger partial charge in [0.1, 0.15) is 0 Å². The third-order valence-corrected chi connectivity index (χ3v) is 5.35. The number of nitrogens with one attached hydrogen (secondary N) is 1.